The molecular formula is C16H17N3O4S2. The highest BCUT2D eigenvalue weighted by molar-refractivity contribution is 8.15. The molecule has 2 saturated heterocycles. The van der Waals surface area contributed by atoms with Gasteiger partial charge in [0.05, 0.1) is 5.75 Å². The Morgan fingerprint density at radius 2 is 1.80 bits per heavy atom. The van der Waals surface area contributed by atoms with Gasteiger partial charge in [0.15, 0.2) is 5.37 Å². The molecule has 1 aromatic carbocycles. The minimum atomic E-state index is -0.685. The highest BCUT2D eigenvalue weighted by atomic mass is 32.2. The van der Waals surface area contributed by atoms with Gasteiger partial charge in [-0.2, -0.15) is 0 Å². The Hall–Kier alpha value is -2.00. The molecule has 9 heteroatoms. The van der Waals surface area contributed by atoms with E-state index in [1.807, 2.05) is 30.3 Å². The Labute approximate surface area is 153 Å². The number of imide groups is 2. The lowest BCUT2D eigenvalue weighted by Crippen LogP contribution is -2.45. The molecule has 2 heterocycles. The predicted molar refractivity (Wildman–Crippen MR) is 97.5 cm³/mol. The molecule has 4 amide bonds. The lowest BCUT2D eigenvalue weighted by Gasteiger charge is -2.30. The van der Waals surface area contributed by atoms with Crippen LogP contribution in [0.1, 0.15) is 6.92 Å². The van der Waals surface area contributed by atoms with Crippen molar-refractivity contribution >= 4 is 51.5 Å². The fourth-order valence-corrected chi connectivity index (χ4v) is 4.59. The van der Waals surface area contributed by atoms with E-state index >= 15 is 0 Å². The first kappa shape index (κ1) is 17.8. The molecular weight excluding hydrogens is 362 g/mol. The van der Waals surface area contributed by atoms with E-state index in [2.05, 4.69) is 0 Å². The lowest BCUT2D eigenvalue weighted by molar-refractivity contribution is -0.126. The number of amides is 4. The van der Waals surface area contributed by atoms with Crippen LogP contribution in [-0.4, -0.2) is 62.9 Å². The van der Waals surface area contributed by atoms with Crippen LogP contribution in [0, 0.1) is 0 Å². The van der Waals surface area contributed by atoms with Crippen LogP contribution < -0.4 is 4.90 Å². The summed E-state index contributed by atoms with van der Waals surface area (Å²) in [6.45, 7) is 2.55. The number of benzene rings is 1. The summed E-state index contributed by atoms with van der Waals surface area (Å²) >= 11 is 1.95. The maximum atomic E-state index is 12.6. The second-order valence-electron chi connectivity index (χ2n) is 5.45. The zero-order chi connectivity index (χ0) is 18.0. The maximum Gasteiger partial charge on any atom is 0.290 e. The van der Waals surface area contributed by atoms with Crippen LogP contribution in [0.5, 0.6) is 0 Å². The molecule has 0 unspecified atom stereocenters. The van der Waals surface area contributed by atoms with Crippen LogP contribution in [0.2, 0.25) is 0 Å². The first-order chi connectivity index (χ1) is 12.0. The molecule has 0 saturated carbocycles. The van der Waals surface area contributed by atoms with Crippen molar-refractivity contribution in [1.82, 2.24) is 9.80 Å². The molecule has 2 aliphatic heterocycles. The van der Waals surface area contributed by atoms with Gasteiger partial charge in [-0.15, -0.1) is 0 Å². The molecule has 0 radical (unpaired) electrons. The average Bonchev–Trinajstić information content (AvgIpc) is 3.08. The van der Waals surface area contributed by atoms with E-state index in [-0.39, 0.29) is 41.1 Å². The van der Waals surface area contributed by atoms with Crippen molar-refractivity contribution in [3.8, 4) is 0 Å². The average molecular weight is 379 g/mol. The summed E-state index contributed by atoms with van der Waals surface area (Å²) in [5.41, 5.74) is 0.769. The van der Waals surface area contributed by atoms with Crippen LogP contribution in [0.3, 0.4) is 0 Å². The second-order valence-corrected chi connectivity index (χ2v) is 7.41. The Bertz CT molecular complexity index is 697. The van der Waals surface area contributed by atoms with Gasteiger partial charge >= 0.3 is 0 Å². The Kier molecular flexibility index (Phi) is 5.33. The number of likely N-dealkylation sites (N-methyl/N-ethyl adjacent to an activating group) is 1. The van der Waals surface area contributed by atoms with Crippen molar-refractivity contribution in [2.45, 2.75) is 12.3 Å². The van der Waals surface area contributed by atoms with Crippen LogP contribution in [-0.2, 0) is 9.59 Å². The monoisotopic (exact) mass is 379 g/mol. The molecule has 0 spiro atoms. The number of hydrogen-bond donors (Lipinski definition) is 0. The number of hydrogen-bond acceptors (Lipinski definition) is 7. The van der Waals surface area contributed by atoms with Crippen molar-refractivity contribution in [3.05, 3.63) is 30.3 Å². The third kappa shape index (κ3) is 3.52. The number of carbonyl (C=O) groups is 4. The standard InChI is InChI=1S/C16H17N3O4S2/c1-2-17-13(21)14(25-16(17)23)18(11-6-4-3-5-7-11)8-9-19-12(20)10-24-15(19)22/h3-7,14H,2,8-10H2,1H3/t14-/m1/s1. The van der Waals surface area contributed by atoms with E-state index in [0.717, 1.165) is 29.2 Å². The van der Waals surface area contributed by atoms with E-state index in [1.165, 1.54) is 9.80 Å². The van der Waals surface area contributed by atoms with Gasteiger partial charge in [-0.3, -0.25) is 29.0 Å². The van der Waals surface area contributed by atoms with Gasteiger partial charge in [-0.1, -0.05) is 30.0 Å². The minimum absolute atomic E-state index is 0.156. The van der Waals surface area contributed by atoms with E-state index in [0.29, 0.717) is 6.54 Å². The summed E-state index contributed by atoms with van der Waals surface area (Å²) in [6, 6.07) is 9.23. The molecule has 0 aliphatic carbocycles. The zero-order valence-electron chi connectivity index (χ0n) is 13.6. The molecule has 0 bridgehead atoms. The van der Waals surface area contributed by atoms with E-state index < -0.39 is 5.37 Å². The van der Waals surface area contributed by atoms with Crippen LogP contribution in [0.4, 0.5) is 15.3 Å². The summed E-state index contributed by atoms with van der Waals surface area (Å²) in [5.74, 6) is -0.335. The van der Waals surface area contributed by atoms with Crippen molar-refractivity contribution in [2.24, 2.45) is 0 Å². The largest absolute Gasteiger partial charge is 0.349 e. The van der Waals surface area contributed by atoms with E-state index in [1.54, 1.807) is 11.8 Å². The Morgan fingerprint density at radius 3 is 2.36 bits per heavy atom. The molecule has 7 nitrogen and oxygen atoms in total. The fourth-order valence-electron chi connectivity index (χ4n) is 2.72. The fraction of sp³-hybridized carbons (Fsp3) is 0.375. The summed E-state index contributed by atoms with van der Waals surface area (Å²) in [6.07, 6.45) is 0. The van der Waals surface area contributed by atoms with Crippen LogP contribution in [0.15, 0.2) is 30.3 Å². The number of nitrogens with zero attached hydrogens (tertiary/aromatic N) is 3. The molecule has 2 aliphatic rings. The Balaban J connectivity index is 1.81. The summed E-state index contributed by atoms with van der Waals surface area (Å²) in [5, 5.41) is -1.23. The number of carbonyl (C=O) groups excluding carboxylic acids is 4. The normalized spacial score (nSPS) is 20.8. The molecule has 1 atom stereocenters. The summed E-state index contributed by atoms with van der Waals surface area (Å²) in [7, 11) is 0. The zero-order valence-corrected chi connectivity index (χ0v) is 15.2. The molecule has 3 rings (SSSR count). The Morgan fingerprint density at radius 1 is 1.08 bits per heavy atom. The van der Waals surface area contributed by atoms with Crippen molar-refractivity contribution in [2.75, 3.05) is 30.3 Å². The van der Waals surface area contributed by atoms with Crippen molar-refractivity contribution in [1.29, 1.82) is 0 Å². The quantitative estimate of drug-likeness (QED) is 0.750. The van der Waals surface area contributed by atoms with Gasteiger partial charge in [0, 0.05) is 25.3 Å². The van der Waals surface area contributed by atoms with Gasteiger partial charge in [0.1, 0.15) is 0 Å². The summed E-state index contributed by atoms with van der Waals surface area (Å²) < 4.78 is 0. The molecule has 2 fully saturated rings. The first-order valence-electron chi connectivity index (χ1n) is 7.83. The maximum absolute atomic E-state index is 12.6. The smallest absolute Gasteiger partial charge is 0.290 e. The number of rotatable bonds is 6. The summed E-state index contributed by atoms with van der Waals surface area (Å²) in [4.78, 5) is 52.4. The number of para-hydroxylation sites is 1. The van der Waals surface area contributed by atoms with Crippen LogP contribution >= 0.6 is 23.5 Å². The third-order valence-corrected chi connectivity index (χ3v) is 5.96. The SMILES string of the molecule is CCN1C(=O)S[C@@H](N(CCN2C(=O)CSC2=O)c2ccccc2)C1=O. The number of thioether (sulfide) groups is 2. The van der Waals surface area contributed by atoms with Crippen LogP contribution in [0.25, 0.3) is 0 Å². The molecule has 132 valence electrons. The van der Waals surface area contributed by atoms with Crippen molar-refractivity contribution < 1.29 is 19.2 Å². The number of anilines is 1. The van der Waals surface area contributed by atoms with E-state index in [9.17, 15) is 19.2 Å². The van der Waals surface area contributed by atoms with Gasteiger partial charge in [0.25, 0.3) is 16.4 Å². The van der Waals surface area contributed by atoms with E-state index in [4.69, 9.17) is 0 Å². The second kappa shape index (κ2) is 7.49. The van der Waals surface area contributed by atoms with Gasteiger partial charge in [-0.05, 0) is 30.8 Å². The predicted octanol–water partition coefficient (Wildman–Crippen LogP) is 2.23. The van der Waals surface area contributed by atoms with Gasteiger partial charge in [-0.25, -0.2) is 0 Å². The first-order valence-corrected chi connectivity index (χ1v) is 9.70. The molecule has 0 N–H and O–H groups in total. The minimum Gasteiger partial charge on any atom is -0.349 e. The van der Waals surface area contributed by atoms with Crippen molar-refractivity contribution in [3.63, 3.8) is 0 Å². The molecule has 1 aromatic rings. The lowest BCUT2D eigenvalue weighted by atomic mass is 10.2. The van der Waals surface area contributed by atoms with Gasteiger partial charge in [0.2, 0.25) is 5.91 Å². The van der Waals surface area contributed by atoms with Gasteiger partial charge < -0.3 is 4.90 Å². The molecule has 0 aromatic heterocycles. The third-order valence-electron chi connectivity index (χ3n) is 4.00. The highest BCUT2D eigenvalue weighted by Gasteiger charge is 2.43. The topological polar surface area (TPSA) is 78.0 Å². The molecule has 25 heavy (non-hydrogen) atoms. The highest BCUT2D eigenvalue weighted by Crippen LogP contribution is 2.32.